The molecule has 2 amide bonds. The molecule has 2 N–H and O–H groups in total. The maximum Gasteiger partial charge on any atom is 0.244 e. The molecule has 7 nitrogen and oxygen atoms in total. The minimum absolute atomic E-state index is 0.0271. The first kappa shape index (κ1) is 24.2. The van der Waals surface area contributed by atoms with E-state index in [4.69, 9.17) is 9.47 Å². The van der Waals surface area contributed by atoms with Crippen LogP contribution in [0.1, 0.15) is 50.3 Å². The van der Waals surface area contributed by atoms with Crippen molar-refractivity contribution in [3.63, 3.8) is 0 Å². The van der Waals surface area contributed by atoms with Gasteiger partial charge < -0.3 is 24.7 Å². The zero-order chi connectivity index (χ0) is 25.6. The number of nitrogens with zero attached hydrogens (tertiary/aromatic N) is 1. The Bertz CT molecular complexity index is 1310. The van der Waals surface area contributed by atoms with Crippen LogP contribution in [-0.4, -0.2) is 48.5 Å². The molecular formula is C29H35N3O4. The van der Waals surface area contributed by atoms with Crippen molar-refractivity contribution in [3.8, 4) is 11.5 Å². The van der Waals surface area contributed by atoms with Gasteiger partial charge in [0.1, 0.15) is 18.0 Å². The molecule has 0 spiro atoms. The standard InChI is InChI=1S/C29H35N3O4/c1-17-27(20-8-6-7-9-22(20)30-17)28-21(29(28,2)3)15-26(34)32(18-10-11-18)16-25(33)31-23-13-12-19(35-4)14-24(23)36-5/h6-9,12-14,18,21,28,30H,10-11,15-16H2,1-5H3,(H,31,33)/t21-,28+/m0/s1. The van der Waals surface area contributed by atoms with Gasteiger partial charge in [-0.3, -0.25) is 9.59 Å². The number of H-pyrrole nitrogens is 1. The van der Waals surface area contributed by atoms with E-state index in [-0.39, 0.29) is 35.7 Å². The number of carbonyl (C=O) groups excluding carboxylic acids is 2. The minimum Gasteiger partial charge on any atom is -0.497 e. The fraction of sp³-hybridized carbons (Fsp3) is 0.448. The van der Waals surface area contributed by atoms with Gasteiger partial charge >= 0.3 is 0 Å². The molecule has 2 fully saturated rings. The monoisotopic (exact) mass is 489 g/mol. The van der Waals surface area contributed by atoms with Crippen LogP contribution in [0.2, 0.25) is 0 Å². The Hall–Kier alpha value is -3.48. The molecule has 1 aromatic heterocycles. The number of methoxy groups -OCH3 is 2. The van der Waals surface area contributed by atoms with E-state index >= 15 is 0 Å². The maximum atomic E-state index is 13.5. The second-order valence-corrected chi connectivity index (χ2v) is 10.7. The first-order valence-electron chi connectivity index (χ1n) is 12.6. The summed E-state index contributed by atoms with van der Waals surface area (Å²) in [6.45, 7) is 6.67. The van der Waals surface area contributed by atoms with Crippen molar-refractivity contribution in [1.82, 2.24) is 9.88 Å². The van der Waals surface area contributed by atoms with Crippen LogP contribution >= 0.6 is 0 Å². The van der Waals surface area contributed by atoms with Crippen LogP contribution in [0.25, 0.3) is 10.9 Å². The molecule has 0 saturated heterocycles. The fourth-order valence-corrected chi connectivity index (χ4v) is 5.76. The average molecular weight is 490 g/mol. The van der Waals surface area contributed by atoms with Crippen molar-refractivity contribution in [3.05, 3.63) is 53.7 Å². The van der Waals surface area contributed by atoms with Gasteiger partial charge in [-0.1, -0.05) is 32.0 Å². The molecule has 0 radical (unpaired) electrons. The lowest BCUT2D eigenvalue weighted by Crippen LogP contribution is -2.40. The summed E-state index contributed by atoms with van der Waals surface area (Å²) in [4.78, 5) is 31.8. The molecule has 1 heterocycles. The molecule has 2 aliphatic carbocycles. The van der Waals surface area contributed by atoms with Crippen LogP contribution in [-0.2, 0) is 9.59 Å². The molecule has 190 valence electrons. The second kappa shape index (κ2) is 9.19. The van der Waals surface area contributed by atoms with E-state index in [1.54, 1.807) is 37.3 Å². The zero-order valence-corrected chi connectivity index (χ0v) is 21.7. The summed E-state index contributed by atoms with van der Waals surface area (Å²) >= 11 is 0. The van der Waals surface area contributed by atoms with Gasteiger partial charge in [0.05, 0.1) is 19.9 Å². The second-order valence-electron chi connectivity index (χ2n) is 10.7. The number of amides is 2. The molecule has 0 unspecified atom stereocenters. The zero-order valence-electron chi connectivity index (χ0n) is 21.7. The Morgan fingerprint density at radius 2 is 1.86 bits per heavy atom. The van der Waals surface area contributed by atoms with Crippen LogP contribution < -0.4 is 14.8 Å². The number of aromatic amines is 1. The topological polar surface area (TPSA) is 83.7 Å². The Morgan fingerprint density at radius 1 is 1.11 bits per heavy atom. The van der Waals surface area contributed by atoms with E-state index in [0.717, 1.165) is 18.4 Å². The van der Waals surface area contributed by atoms with Crippen molar-refractivity contribution in [2.45, 2.75) is 52.0 Å². The first-order chi connectivity index (χ1) is 17.2. The third kappa shape index (κ3) is 4.43. The number of hydrogen-bond donors (Lipinski definition) is 2. The van der Waals surface area contributed by atoms with Gasteiger partial charge in [-0.05, 0) is 60.8 Å². The van der Waals surface area contributed by atoms with Gasteiger partial charge in [-0.15, -0.1) is 0 Å². The molecule has 7 heteroatoms. The van der Waals surface area contributed by atoms with Gasteiger partial charge in [-0.2, -0.15) is 0 Å². The molecule has 0 bridgehead atoms. The number of fused-ring (bicyclic) bond motifs is 1. The number of nitrogens with one attached hydrogen (secondary N) is 2. The Balaban J connectivity index is 1.28. The molecule has 2 aliphatic rings. The van der Waals surface area contributed by atoms with E-state index in [2.05, 4.69) is 49.3 Å². The highest BCUT2D eigenvalue weighted by atomic mass is 16.5. The molecule has 2 atom stereocenters. The molecule has 36 heavy (non-hydrogen) atoms. The lowest BCUT2D eigenvalue weighted by Gasteiger charge is -2.22. The number of aryl methyl sites for hydroxylation is 1. The number of ether oxygens (including phenoxy) is 2. The van der Waals surface area contributed by atoms with E-state index in [1.165, 1.54) is 16.6 Å². The third-order valence-corrected chi connectivity index (χ3v) is 8.00. The number of benzene rings is 2. The number of hydrogen-bond acceptors (Lipinski definition) is 4. The summed E-state index contributed by atoms with van der Waals surface area (Å²) in [6, 6.07) is 13.8. The van der Waals surface area contributed by atoms with Crippen LogP contribution in [0.5, 0.6) is 11.5 Å². The van der Waals surface area contributed by atoms with Crippen LogP contribution in [0.15, 0.2) is 42.5 Å². The average Bonchev–Trinajstić information content (AvgIpc) is 3.75. The number of anilines is 1. The highest BCUT2D eigenvalue weighted by molar-refractivity contribution is 5.96. The van der Waals surface area contributed by atoms with Gasteiger partial charge in [0, 0.05) is 35.1 Å². The number of rotatable bonds is 9. The quantitative estimate of drug-likeness (QED) is 0.430. The van der Waals surface area contributed by atoms with Crippen molar-refractivity contribution >= 4 is 28.4 Å². The van der Waals surface area contributed by atoms with Gasteiger partial charge in [0.25, 0.3) is 0 Å². The summed E-state index contributed by atoms with van der Waals surface area (Å²) in [6.07, 6.45) is 2.35. The first-order valence-corrected chi connectivity index (χ1v) is 12.6. The van der Waals surface area contributed by atoms with Gasteiger partial charge in [0.15, 0.2) is 0 Å². The Labute approximate surface area is 212 Å². The van der Waals surface area contributed by atoms with E-state index in [9.17, 15) is 9.59 Å². The fourth-order valence-electron chi connectivity index (χ4n) is 5.76. The van der Waals surface area contributed by atoms with Crippen molar-refractivity contribution < 1.29 is 19.1 Å². The lowest BCUT2D eigenvalue weighted by molar-refractivity contribution is -0.135. The highest BCUT2D eigenvalue weighted by Crippen LogP contribution is 2.67. The molecule has 2 aromatic carbocycles. The minimum atomic E-state index is -0.224. The summed E-state index contributed by atoms with van der Waals surface area (Å²) < 4.78 is 10.6. The smallest absolute Gasteiger partial charge is 0.244 e. The normalized spacial score (nSPS) is 20.1. The highest BCUT2D eigenvalue weighted by Gasteiger charge is 2.60. The van der Waals surface area contributed by atoms with E-state index in [1.807, 2.05) is 6.07 Å². The van der Waals surface area contributed by atoms with Crippen LogP contribution in [0, 0.1) is 18.3 Å². The molecule has 0 aliphatic heterocycles. The molecule has 5 rings (SSSR count). The summed E-state index contributed by atoms with van der Waals surface area (Å²) in [7, 11) is 3.13. The summed E-state index contributed by atoms with van der Waals surface area (Å²) in [5.74, 6) is 1.56. The Morgan fingerprint density at radius 3 is 2.56 bits per heavy atom. The maximum absolute atomic E-state index is 13.5. The Kier molecular flexibility index (Phi) is 6.18. The molecule has 3 aromatic rings. The van der Waals surface area contributed by atoms with Gasteiger partial charge in [-0.25, -0.2) is 0 Å². The summed E-state index contributed by atoms with van der Waals surface area (Å²) in [5.41, 5.74) is 4.23. The lowest BCUT2D eigenvalue weighted by atomic mass is 10.0. The van der Waals surface area contributed by atoms with Crippen molar-refractivity contribution in [1.29, 1.82) is 0 Å². The van der Waals surface area contributed by atoms with E-state index < -0.39 is 0 Å². The predicted octanol–water partition coefficient (Wildman–Crippen LogP) is 5.25. The SMILES string of the molecule is COc1ccc(NC(=O)CN(C(=O)C[C@H]2[C@H](c3c(C)[nH]c4ccccc34)C2(C)C)C2CC2)c(OC)c1. The molecular weight excluding hydrogens is 454 g/mol. The predicted molar refractivity (Wildman–Crippen MR) is 141 cm³/mol. The van der Waals surface area contributed by atoms with Crippen molar-refractivity contribution in [2.24, 2.45) is 11.3 Å². The number of aromatic nitrogens is 1. The van der Waals surface area contributed by atoms with Crippen LogP contribution in [0.3, 0.4) is 0 Å². The number of para-hydroxylation sites is 1. The third-order valence-electron chi connectivity index (χ3n) is 8.00. The number of carbonyl (C=O) groups is 2. The van der Waals surface area contributed by atoms with Gasteiger partial charge in [0.2, 0.25) is 11.8 Å². The largest absolute Gasteiger partial charge is 0.497 e. The summed E-state index contributed by atoms with van der Waals surface area (Å²) in [5, 5.41) is 4.15. The van der Waals surface area contributed by atoms with Crippen molar-refractivity contribution in [2.75, 3.05) is 26.1 Å². The molecule has 2 saturated carbocycles. The van der Waals surface area contributed by atoms with E-state index in [0.29, 0.717) is 29.5 Å². The van der Waals surface area contributed by atoms with Crippen LogP contribution in [0.4, 0.5) is 5.69 Å².